The Balaban J connectivity index is 1.71. The Hall–Kier alpha value is -1.80. The van der Waals surface area contributed by atoms with E-state index >= 15 is 0 Å². The van der Waals surface area contributed by atoms with E-state index in [2.05, 4.69) is 44.3 Å². The fourth-order valence-corrected chi connectivity index (χ4v) is 2.48. The first kappa shape index (κ1) is 13.2. The second kappa shape index (κ2) is 4.95. The fourth-order valence-electron chi connectivity index (χ4n) is 2.48. The number of hydrogen-bond acceptors (Lipinski definition) is 7. The van der Waals surface area contributed by atoms with Gasteiger partial charge in [0.1, 0.15) is 0 Å². The Morgan fingerprint density at radius 1 is 1.20 bits per heavy atom. The zero-order valence-corrected chi connectivity index (χ0v) is 11.9. The highest BCUT2D eigenvalue weighted by Crippen LogP contribution is 2.19. The smallest absolute Gasteiger partial charge is 0.200 e. The molecule has 20 heavy (non-hydrogen) atoms. The van der Waals surface area contributed by atoms with Crippen LogP contribution in [-0.2, 0) is 0 Å². The molecule has 0 aliphatic carbocycles. The molecule has 0 radical (unpaired) electrons. The van der Waals surface area contributed by atoms with Gasteiger partial charge in [0.05, 0.1) is 0 Å². The van der Waals surface area contributed by atoms with Crippen LogP contribution < -0.4 is 10.6 Å². The third-order valence-electron chi connectivity index (χ3n) is 4.01. The lowest BCUT2D eigenvalue weighted by atomic mass is 10.0. The van der Waals surface area contributed by atoms with E-state index in [-0.39, 0.29) is 5.54 Å². The van der Waals surface area contributed by atoms with Gasteiger partial charge in [0.15, 0.2) is 11.5 Å². The molecule has 0 saturated carbocycles. The van der Waals surface area contributed by atoms with E-state index in [9.17, 15) is 0 Å². The molecule has 1 aliphatic rings. The molecule has 2 aromatic rings. The van der Waals surface area contributed by atoms with Crippen molar-refractivity contribution in [2.45, 2.75) is 19.4 Å². The van der Waals surface area contributed by atoms with Gasteiger partial charge in [0.2, 0.25) is 0 Å². The van der Waals surface area contributed by atoms with E-state index < -0.39 is 0 Å². The first-order valence-electron chi connectivity index (χ1n) is 6.86. The first-order chi connectivity index (χ1) is 9.60. The zero-order valence-electron chi connectivity index (χ0n) is 11.9. The number of anilines is 1. The van der Waals surface area contributed by atoms with Crippen molar-refractivity contribution in [1.29, 1.82) is 0 Å². The highest BCUT2D eigenvalue weighted by Gasteiger charge is 2.29. The second-order valence-corrected chi connectivity index (χ2v) is 5.71. The maximum Gasteiger partial charge on any atom is 0.200 e. The summed E-state index contributed by atoms with van der Waals surface area (Å²) >= 11 is 0. The third kappa shape index (κ3) is 2.32. The van der Waals surface area contributed by atoms with Gasteiger partial charge in [-0.25, -0.2) is 0 Å². The van der Waals surface area contributed by atoms with Crippen molar-refractivity contribution >= 4 is 11.5 Å². The van der Waals surface area contributed by atoms with E-state index in [0.29, 0.717) is 12.2 Å². The molecule has 0 aromatic carbocycles. The van der Waals surface area contributed by atoms with Crippen LogP contribution in [0.1, 0.15) is 13.8 Å². The Kier molecular flexibility index (Phi) is 3.27. The standard InChI is InChI=1S/C12H20N8/c1-12(2,9-13)19-7-5-18(6-8-19)11-4-3-10-14-16-17-20(10)15-11/h3-4H,5-9,13H2,1-2H3. The van der Waals surface area contributed by atoms with Crippen LogP contribution in [0.15, 0.2) is 12.1 Å². The van der Waals surface area contributed by atoms with Crippen molar-refractivity contribution in [3.8, 4) is 0 Å². The summed E-state index contributed by atoms with van der Waals surface area (Å²) in [5.41, 5.74) is 6.56. The highest BCUT2D eigenvalue weighted by atomic mass is 15.6. The van der Waals surface area contributed by atoms with Crippen LogP contribution in [0.4, 0.5) is 5.82 Å². The minimum Gasteiger partial charge on any atom is -0.353 e. The monoisotopic (exact) mass is 276 g/mol. The lowest BCUT2D eigenvalue weighted by Gasteiger charge is -2.43. The van der Waals surface area contributed by atoms with Crippen molar-refractivity contribution in [2.24, 2.45) is 5.73 Å². The van der Waals surface area contributed by atoms with Crippen LogP contribution in [0.5, 0.6) is 0 Å². The summed E-state index contributed by atoms with van der Waals surface area (Å²) in [6.07, 6.45) is 0. The SMILES string of the molecule is CC(C)(CN)N1CCN(c2ccc3nnnn3n2)CC1. The molecule has 1 aliphatic heterocycles. The van der Waals surface area contributed by atoms with Gasteiger partial charge < -0.3 is 10.6 Å². The van der Waals surface area contributed by atoms with Crippen molar-refractivity contribution in [1.82, 2.24) is 30.2 Å². The summed E-state index contributed by atoms with van der Waals surface area (Å²) in [6, 6.07) is 3.86. The molecule has 0 spiro atoms. The number of fused-ring (bicyclic) bond motifs is 1. The Morgan fingerprint density at radius 2 is 1.95 bits per heavy atom. The molecule has 0 bridgehead atoms. The summed E-state index contributed by atoms with van der Waals surface area (Å²) in [4.78, 5) is 4.68. The maximum absolute atomic E-state index is 5.84. The quantitative estimate of drug-likeness (QED) is 0.799. The molecule has 8 nitrogen and oxygen atoms in total. The number of nitrogens with two attached hydrogens (primary N) is 1. The normalized spacial score (nSPS) is 17.9. The minimum atomic E-state index is 0.0549. The van der Waals surface area contributed by atoms with Gasteiger partial charge in [0, 0.05) is 38.3 Å². The zero-order chi connectivity index (χ0) is 14.2. The first-order valence-corrected chi connectivity index (χ1v) is 6.86. The Morgan fingerprint density at radius 3 is 2.65 bits per heavy atom. The van der Waals surface area contributed by atoms with E-state index in [4.69, 9.17) is 5.73 Å². The van der Waals surface area contributed by atoms with E-state index in [1.807, 2.05) is 12.1 Å². The van der Waals surface area contributed by atoms with Crippen LogP contribution in [-0.4, -0.2) is 68.4 Å². The van der Waals surface area contributed by atoms with Gasteiger partial charge in [-0.3, -0.25) is 4.90 Å². The van der Waals surface area contributed by atoms with E-state index in [1.54, 1.807) is 0 Å². The van der Waals surface area contributed by atoms with Crippen LogP contribution >= 0.6 is 0 Å². The molecule has 0 amide bonds. The van der Waals surface area contributed by atoms with Gasteiger partial charge in [-0.2, -0.15) is 0 Å². The van der Waals surface area contributed by atoms with E-state index in [1.165, 1.54) is 4.63 Å². The lowest BCUT2D eigenvalue weighted by Crippen LogP contribution is -2.57. The largest absolute Gasteiger partial charge is 0.353 e. The van der Waals surface area contributed by atoms with Crippen LogP contribution in [0.2, 0.25) is 0 Å². The average Bonchev–Trinajstić information content (AvgIpc) is 2.94. The van der Waals surface area contributed by atoms with Gasteiger partial charge in [-0.05, 0) is 36.4 Å². The number of rotatable bonds is 3. The maximum atomic E-state index is 5.84. The fraction of sp³-hybridized carbons (Fsp3) is 0.667. The molecular weight excluding hydrogens is 256 g/mol. The number of hydrogen-bond donors (Lipinski definition) is 1. The van der Waals surface area contributed by atoms with Crippen molar-refractivity contribution in [3.63, 3.8) is 0 Å². The summed E-state index contributed by atoms with van der Waals surface area (Å²) in [7, 11) is 0. The van der Waals surface area contributed by atoms with Gasteiger partial charge in [-0.15, -0.1) is 14.8 Å². The molecule has 1 fully saturated rings. The number of piperazine rings is 1. The van der Waals surface area contributed by atoms with Crippen LogP contribution in [0.25, 0.3) is 5.65 Å². The average molecular weight is 276 g/mol. The molecular formula is C12H20N8. The summed E-state index contributed by atoms with van der Waals surface area (Å²) in [6.45, 7) is 8.89. The predicted octanol–water partition coefficient (Wildman–Crippen LogP) is -0.621. The Labute approximate surface area is 117 Å². The molecule has 3 heterocycles. The molecule has 108 valence electrons. The molecule has 8 heteroatoms. The van der Waals surface area contributed by atoms with E-state index in [0.717, 1.165) is 32.0 Å². The molecule has 0 atom stereocenters. The molecule has 2 aromatic heterocycles. The van der Waals surface area contributed by atoms with Gasteiger partial charge in [0.25, 0.3) is 0 Å². The Bertz CT molecular complexity index is 584. The topological polar surface area (TPSA) is 88.5 Å². The molecule has 2 N–H and O–H groups in total. The molecule has 1 saturated heterocycles. The predicted molar refractivity (Wildman–Crippen MR) is 75.5 cm³/mol. The lowest BCUT2D eigenvalue weighted by molar-refractivity contribution is 0.119. The number of aromatic nitrogens is 5. The van der Waals surface area contributed by atoms with Crippen molar-refractivity contribution in [2.75, 3.05) is 37.6 Å². The summed E-state index contributed by atoms with van der Waals surface area (Å²) in [5, 5.41) is 15.7. The summed E-state index contributed by atoms with van der Waals surface area (Å²) in [5.74, 6) is 0.912. The van der Waals surface area contributed by atoms with Crippen LogP contribution in [0, 0.1) is 0 Å². The number of tetrazole rings is 1. The second-order valence-electron chi connectivity index (χ2n) is 5.71. The number of nitrogens with zero attached hydrogens (tertiary/aromatic N) is 7. The molecule has 3 rings (SSSR count). The highest BCUT2D eigenvalue weighted by molar-refractivity contribution is 5.44. The third-order valence-corrected chi connectivity index (χ3v) is 4.01. The van der Waals surface area contributed by atoms with Crippen molar-refractivity contribution < 1.29 is 0 Å². The van der Waals surface area contributed by atoms with Crippen molar-refractivity contribution in [3.05, 3.63) is 12.1 Å². The van der Waals surface area contributed by atoms with Crippen LogP contribution in [0.3, 0.4) is 0 Å². The molecule has 0 unspecified atom stereocenters. The van der Waals surface area contributed by atoms with Gasteiger partial charge >= 0.3 is 0 Å². The minimum absolute atomic E-state index is 0.0549. The summed E-state index contributed by atoms with van der Waals surface area (Å²) < 4.78 is 1.46. The van der Waals surface area contributed by atoms with Gasteiger partial charge in [-0.1, -0.05) is 0 Å².